The Bertz CT molecular complexity index is 735. The fraction of sp³-hybridized carbons (Fsp3) is 0.222. The van der Waals surface area contributed by atoms with E-state index in [0.29, 0.717) is 12.3 Å². The summed E-state index contributed by atoms with van der Waals surface area (Å²) in [5.41, 5.74) is 7.10. The molecule has 0 aliphatic heterocycles. The third-order valence-electron chi connectivity index (χ3n) is 3.40. The highest BCUT2D eigenvalue weighted by atomic mass is 32.1. The molecule has 1 aromatic carbocycles. The predicted molar refractivity (Wildman–Crippen MR) is 95.7 cm³/mol. The van der Waals surface area contributed by atoms with E-state index in [0.717, 1.165) is 5.56 Å². The first-order valence-corrected chi connectivity index (χ1v) is 8.31. The minimum absolute atomic E-state index is 0.0585. The molecule has 0 fully saturated rings. The minimum Gasteiger partial charge on any atom is -0.484 e. The molecule has 6 heteroatoms. The van der Waals surface area contributed by atoms with Crippen LogP contribution in [0.3, 0.4) is 0 Å². The summed E-state index contributed by atoms with van der Waals surface area (Å²) in [5, 5.41) is 2.03. The van der Waals surface area contributed by atoms with Crippen LogP contribution in [-0.4, -0.2) is 30.4 Å². The van der Waals surface area contributed by atoms with Crippen molar-refractivity contribution in [2.24, 2.45) is 5.73 Å². The Labute approximate surface area is 145 Å². The van der Waals surface area contributed by atoms with Crippen molar-refractivity contribution in [3.63, 3.8) is 0 Å². The lowest BCUT2D eigenvalue weighted by Gasteiger charge is -2.14. The maximum atomic E-state index is 12.2. The second-order valence-corrected chi connectivity index (χ2v) is 6.38. The first kappa shape index (κ1) is 17.7. The average molecular weight is 344 g/mol. The Balaban J connectivity index is 1.90. The summed E-state index contributed by atoms with van der Waals surface area (Å²) in [5.74, 6) is -0.0204. The van der Waals surface area contributed by atoms with E-state index in [4.69, 9.17) is 10.5 Å². The summed E-state index contributed by atoms with van der Waals surface area (Å²) in [6.07, 6.45) is 3.29. The van der Waals surface area contributed by atoms with Crippen LogP contribution in [0.4, 0.5) is 0 Å². The van der Waals surface area contributed by atoms with Crippen molar-refractivity contribution in [3.8, 4) is 5.75 Å². The predicted octanol–water partition coefficient (Wildman–Crippen LogP) is 2.59. The number of nitrogens with two attached hydrogens (primary N) is 1. The Morgan fingerprint density at radius 3 is 2.54 bits per heavy atom. The van der Waals surface area contributed by atoms with E-state index in [-0.39, 0.29) is 12.5 Å². The van der Waals surface area contributed by atoms with Gasteiger partial charge in [0, 0.05) is 18.0 Å². The second kappa shape index (κ2) is 8.31. The first-order valence-electron chi connectivity index (χ1n) is 7.43. The molecule has 0 spiro atoms. The zero-order chi connectivity index (χ0) is 17.5. The van der Waals surface area contributed by atoms with E-state index in [9.17, 15) is 9.59 Å². The molecule has 2 rings (SSSR count). The van der Waals surface area contributed by atoms with Crippen LogP contribution in [-0.2, 0) is 16.1 Å². The second-order valence-electron chi connectivity index (χ2n) is 5.38. The Kier molecular flexibility index (Phi) is 6.14. The van der Waals surface area contributed by atoms with Gasteiger partial charge in [0.1, 0.15) is 5.75 Å². The zero-order valence-electron chi connectivity index (χ0n) is 13.7. The van der Waals surface area contributed by atoms with Crippen molar-refractivity contribution < 1.29 is 14.3 Å². The third-order valence-corrected chi connectivity index (χ3v) is 4.41. The van der Waals surface area contributed by atoms with E-state index < -0.39 is 5.91 Å². The van der Waals surface area contributed by atoms with Crippen molar-refractivity contribution in [2.45, 2.75) is 13.5 Å². The van der Waals surface area contributed by atoms with Gasteiger partial charge in [-0.1, -0.05) is 12.1 Å². The molecule has 0 aliphatic rings. The molecule has 1 aromatic heterocycles. The topological polar surface area (TPSA) is 72.6 Å². The molecule has 0 saturated heterocycles. The third kappa shape index (κ3) is 5.24. The molecular formula is C18H20N2O3S. The number of carbonyl (C=O) groups excluding carboxylic acids is 2. The van der Waals surface area contributed by atoms with Gasteiger partial charge in [0.15, 0.2) is 6.61 Å². The zero-order valence-corrected chi connectivity index (χ0v) is 14.5. The van der Waals surface area contributed by atoms with Crippen molar-refractivity contribution in [3.05, 3.63) is 57.8 Å². The molecule has 24 heavy (non-hydrogen) atoms. The molecule has 0 aliphatic carbocycles. The number of thiophene rings is 1. The number of hydrogen-bond donors (Lipinski definition) is 1. The molecule has 2 amide bonds. The summed E-state index contributed by atoms with van der Waals surface area (Å²) < 4.78 is 5.18. The van der Waals surface area contributed by atoms with Crippen LogP contribution in [0.2, 0.25) is 0 Å². The molecule has 0 unspecified atom stereocenters. The van der Waals surface area contributed by atoms with Crippen LogP contribution in [0.15, 0.2) is 41.8 Å². The molecule has 2 aromatic rings. The van der Waals surface area contributed by atoms with E-state index in [2.05, 4.69) is 6.07 Å². The van der Waals surface area contributed by atoms with Gasteiger partial charge in [0.05, 0.1) is 6.54 Å². The van der Waals surface area contributed by atoms with Crippen LogP contribution in [0.5, 0.6) is 5.75 Å². The fourth-order valence-corrected chi connectivity index (χ4v) is 2.94. The molecular weight excluding hydrogens is 324 g/mol. The SMILES string of the molecule is Cc1ccsc1CN(C)C(=O)/C=C/c1ccc(OCC(N)=O)cc1. The van der Waals surface area contributed by atoms with E-state index >= 15 is 0 Å². The monoisotopic (exact) mass is 344 g/mol. The standard InChI is InChI=1S/C18H20N2O3S/c1-13-9-10-24-16(13)11-20(2)18(22)8-5-14-3-6-15(7-4-14)23-12-17(19)21/h3-10H,11-12H2,1-2H3,(H2,19,21)/b8-5+. The van der Waals surface area contributed by atoms with Crippen molar-refractivity contribution in [1.82, 2.24) is 4.90 Å². The lowest BCUT2D eigenvalue weighted by Crippen LogP contribution is -2.23. The maximum Gasteiger partial charge on any atom is 0.255 e. The highest BCUT2D eigenvalue weighted by Crippen LogP contribution is 2.17. The lowest BCUT2D eigenvalue weighted by molar-refractivity contribution is -0.125. The van der Waals surface area contributed by atoms with Gasteiger partial charge < -0.3 is 15.4 Å². The number of primary amides is 1. The quantitative estimate of drug-likeness (QED) is 0.785. The molecule has 0 atom stereocenters. The van der Waals surface area contributed by atoms with E-state index in [1.165, 1.54) is 10.4 Å². The summed E-state index contributed by atoms with van der Waals surface area (Å²) >= 11 is 1.65. The number of rotatable bonds is 7. The van der Waals surface area contributed by atoms with Gasteiger partial charge in [0.25, 0.3) is 5.91 Å². The number of likely N-dealkylation sites (N-methyl/N-ethyl adjacent to an activating group) is 1. The number of benzene rings is 1. The van der Waals surface area contributed by atoms with Crippen LogP contribution in [0, 0.1) is 6.92 Å². The minimum atomic E-state index is -0.520. The highest BCUT2D eigenvalue weighted by molar-refractivity contribution is 7.10. The number of aryl methyl sites for hydroxylation is 1. The molecule has 2 N–H and O–H groups in total. The largest absolute Gasteiger partial charge is 0.484 e. The van der Waals surface area contributed by atoms with Crippen LogP contribution < -0.4 is 10.5 Å². The molecule has 1 heterocycles. The van der Waals surface area contributed by atoms with Crippen molar-refractivity contribution in [1.29, 1.82) is 0 Å². The van der Waals surface area contributed by atoms with Crippen LogP contribution in [0.25, 0.3) is 6.08 Å². The number of amides is 2. The highest BCUT2D eigenvalue weighted by Gasteiger charge is 2.08. The number of hydrogen-bond acceptors (Lipinski definition) is 4. The summed E-state index contributed by atoms with van der Waals surface area (Å²) in [4.78, 5) is 25.7. The normalized spacial score (nSPS) is 10.8. The molecule has 5 nitrogen and oxygen atoms in total. The lowest BCUT2D eigenvalue weighted by atomic mass is 10.2. The number of nitrogens with zero attached hydrogens (tertiary/aromatic N) is 1. The van der Waals surface area contributed by atoms with Crippen LogP contribution >= 0.6 is 11.3 Å². The molecule has 0 bridgehead atoms. The molecule has 0 saturated carbocycles. The van der Waals surface area contributed by atoms with Gasteiger partial charge in [-0.05, 0) is 47.7 Å². The smallest absolute Gasteiger partial charge is 0.255 e. The number of ether oxygens (including phenoxy) is 1. The summed E-state index contributed by atoms with van der Waals surface area (Å²) in [7, 11) is 1.78. The Hall–Kier alpha value is -2.60. The van der Waals surface area contributed by atoms with Gasteiger partial charge in [-0.2, -0.15) is 0 Å². The van der Waals surface area contributed by atoms with E-state index in [1.807, 2.05) is 24.4 Å². The van der Waals surface area contributed by atoms with Gasteiger partial charge in [-0.3, -0.25) is 9.59 Å². The van der Waals surface area contributed by atoms with Gasteiger partial charge in [-0.15, -0.1) is 11.3 Å². The van der Waals surface area contributed by atoms with Crippen LogP contribution in [0.1, 0.15) is 16.0 Å². The van der Waals surface area contributed by atoms with Crippen molar-refractivity contribution in [2.75, 3.05) is 13.7 Å². The summed E-state index contributed by atoms with van der Waals surface area (Å²) in [6, 6.07) is 9.13. The Morgan fingerprint density at radius 2 is 1.96 bits per heavy atom. The van der Waals surface area contributed by atoms with Gasteiger partial charge >= 0.3 is 0 Å². The number of carbonyl (C=O) groups is 2. The van der Waals surface area contributed by atoms with E-state index in [1.54, 1.807) is 47.6 Å². The first-order chi connectivity index (χ1) is 11.5. The summed E-state index contributed by atoms with van der Waals surface area (Å²) in [6.45, 7) is 2.50. The Morgan fingerprint density at radius 1 is 1.25 bits per heavy atom. The van der Waals surface area contributed by atoms with Gasteiger partial charge in [-0.25, -0.2) is 0 Å². The average Bonchev–Trinajstić information content (AvgIpc) is 2.96. The molecule has 0 radical (unpaired) electrons. The van der Waals surface area contributed by atoms with Crippen molar-refractivity contribution >= 4 is 29.2 Å². The fourth-order valence-electron chi connectivity index (χ4n) is 1.98. The van der Waals surface area contributed by atoms with Gasteiger partial charge in [0.2, 0.25) is 5.91 Å². The molecule has 126 valence electrons. The maximum absolute atomic E-state index is 12.2.